The molecule has 1 spiro atoms. The van der Waals surface area contributed by atoms with E-state index in [1.54, 1.807) is 0 Å². The third-order valence-electron chi connectivity index (χ3n) is 7.05. The van der Waals surface area contributed by atoms with Crippen molar-refractivity contribution in [3.8, 4) is 0 Å². The van der Waals surface area contributed by atoms with Crippen LogP contribution in [0.15, 0.2) is 28.9 Å². The van der Waals surface area contributed by atoms with Crippen LogP contribution in [0.25, 0.3) is 10.9 Å². The summed E-state index contributed by atoms with van der Waals surface area (Å²) in [6.07, 6.45) is 13.9. The van der Waals surface area contributed by atoms with Gasteiger partial charge in [-0.2, -0.15) is 0 Å². The topological polar surface area (TPSA) is 23.4 Å². The van der Waals surface area contributed by atoms with Crippen LogP contribution in [0.4, 0.5) is 0 Å². The first-order valence-electron chi connectivity index (χ1n) is 10.8. The molecule has 1 aliphatic heterocycles. The fraction of sp³-hybridized carbons (Fsp3) is 0.652. The van der Waals surface area contributed by atoms with Crippen LogP contribution in [0, 0.1) is 5.92 Å². The van der Waals surface area contributed by atoms with Crippen molar-refractivity contribution in [1.82, 2.24) is 4.57 Å². The number of aromatic nitrogens is 1. The SMILES string of the molecule is Brc1ccc2c(c1)c(C1CCC3(CC1)OCCO3)cn2CC1CCCCC1. The first kappa shape index (κ1) is 18.2. The Bertz CT molecular complexity index is 792. The fourth-order valence-electron chi connectivity index (χ4n) is 5.58. The summed E-state index contributed by atoms with van der Waals surface area (Å²) >= 11 is 3.70. The molecule has 0 atom stereocenters. The van der Waals surface area contributed by atoms with Crippen LogP contribution in [0.3, 0.4) is 0 Å². The molecule has 3 nitrogen and oxygen atoms in total. The molecule has 4 heteroatoms. The van der Waals surface area contributed by atoms with Gasteiger partial charge in [0.25, 0.3) is 0 Å². The van der Waals surface area contributed by atoms with Crippen LogP contribution < -0.4 is 0 Å². The fourth-order valence-corrected chi connectivity index (χ4v) is 5.94. The Morgan fingerprint density at radius 3 is 2.48 bits per heavy atom. The summed E-state index contributed by atoms with van der Waals surface area (Å²) in [5.41, 5.74) is 2.95. The van der Waals surface area contributed by atoms with E-state index in [4.69, 9.17) is 9.47 Å². The van der Waals surface area contributed by atoms with E-state index in [2.05, 4.69) is 44.9 Å². The number of hydrogen-bond acceptors (Lipinski definition) is 2. The number of rotatable bonds is 3. The number of halogens is 1. The molecule has 3 aliphatic rings. The summed E-state index contributed by atoms with van der Waals surface area (Å²) in [5, 5.41) is 1.44. The molecule has 146 valence electrons. The van der Waals surface area contributed by atoms with Crippen LogP contribution in [0.1, 0.15) is 69.3 Å². The molecule has 27 heavy (non-hydrogen) atoms. The Hall–Kier alpha value is -0.840. The average Bonchev–Trinajstić information content (AvgIpc) is 3.29. The van der Waals surface area contributed by atoms with Crippen molar-refractivity contribution in [3.63, 3.8) is 0 Å². The van der Waals surface area contributed by atoms with E-state index < -0.39 is 0 Å². The van der Waals surface area contributed by atoms with Crippen molar-refractivity contribution in [1.29, 1.82) is 0 Å². The van der Waals surface area contributed by atoms with Crippen molar-refractivity contribution >= 4 is 26.8 Å². The Morgan fingerprint density at radius 1 is 1.00 bits per heavy atom. The van der Waals surface area contributed by atoms with E-state index >= 15 is 0 Å². The summed E-state index contributed by atoms with van der Waals surface area (Å²) < 4.78 is 15.6. The van der Waals surface area contributed by atoms with Crippen LogP contribution >= 0.6 is 15.9 Å². The van der Waals surface area contributed by atoms with Crippen molar-refractivity contribution in [3.05, 3.63) is 34.4 Å². The maximum Gasteiger partial charge on any atom is 0.168 e. The largest absolute Gasteiger partial charge is 0.348 e. The molecule has 0 N–H and O–H groups in total. The molecular formula is C23H30BrNO2. The van der Waals surface area contributed by atoms with Crippen molar-refractivity contribution in [2.24, 2.45) is 5.92 Å². The molecule has 2 aliphatic carbocycles. The minimum atomic E-state index is -0.266. The summed E-state index contributed by atoms with van der Waals surface area (Å²) in [6.45, 7) is 2.71. The van der Waals surface area contributed by atoms with Gasteiger partial charge in [0.05, 0.1) is 13.2 Å². The average molecular weight is 432 g/mol. The van der Waals surface area contributed by atoms with Crippen molar-refractivity contribution in [2.75, 3.05) is 13.2 Å². The van der Waals surface area contributed by atoms with Crippen LogP contribution in [-0.2, 0) is 16.0 Å². The van der Waals surface area contributed by atoms with E-state index in [1.807, 2.05) is 0 Å². The lowest BCUT2D eigenvalue weighted by molar-refractivity contribution is -0.178. The van der Waals surface area contributed by atoms with Crippen LogP contribution in [0.5, 0.6) is 0 Å². The number of fused-ring (bicyclic) bond motifs is 1. The molecular weight excluding hydrogens is 402 g/mol. The first-order valence-corrected chi connectivity index (χ1v) is 11.6. The highest BCUT2D eigenvalue weighted by molar-refractivity contribution is 9.10. The second-order valence-electron chi connectivity index (χ2n) is 8.78. The van der Waals surface area contributed by atoms with Crippen LogP contribution in [0.2, 0.25) is 0 Å². The minimum Gasteiger partial charge on any atom is -0.348 e. The van der Waals surface area contributed by atoms with E-state index in [-0.39, 0.29) is 5.79 Å². The van der Waals surface area contributed by atoms with E-state index in [1.165, 1.54) is 59.6 Å². The highest BCUT2D eigenvalue weighted by atomic mass is 79.9. The molecule has 0 amide bonds. The predicted octanol–water partition coefficient (Wildman–Crippen LogP) is 6.38. The van der Waals surface area contributed by atoms with Gasteiger partial charge in [-0.3, -0.25) is 0 Å². The maximum atomic E-state index is 5.94. The van der Waals surface area contributed by atoms with Gasteiger partial charge in [-0.1, -0.05) is 35.2 Å². The number of nitrogens with zero attached hydrogens (tertiary/aromatic N) is 1. The standard InChI is InChI=1S/C23H30BrNO2/c24-19-6-7-22-20(14-19)21(16-25(22)15-17-4-2-1-3-5-17)18-8-10-23(11-9-18)26-12-13-27-23/h6-7,14,16-18H,1-5,8-13,15H2. The molecule has 2 saturated carbocycles. The molecule has 1 aromatic heterocycles. The van der Waals surface area contributed by atoms with Gasteiger partial charge in [0.1, 0.15) is 0 Å². The smallest absolute Gasteiger partial charge is 0.168 e. The summed E-state index contributed by atoms with van der Waals surface area (Å²) in [7, 11) is 0. The number of hydrogen-bond donors (Lipinski definition) is 0. The molecule has 3 fully saturated rings. The van der Waals surface area contributed by atoms with Gasteiger partial charge in [-0.05, 0) is 61.3 Å². The molecule has 5 rings (SSSR count). The van der Waals surface area contributed by atoms with Gasteiger partial charge in [0.2, 0.25) is 0 Å². The van der Waals surface area contributed by atoms with E-state index in [0.29, 0.717) is 5.92 Å². The third kappa shape index (κ3) is 3.61. The van der Waals surface area contributed by atoms with Gasteiger partial charge < -0.3 is 14.0 Å². The highest BCUT2D eigenvalue weighted by Gasteiger charge is 2.41. The van der Waals surface area contributed by atoms with Gasteiger partial charge in [-0.15, -0.1) is 0 Å². The molecule has 1 aromatic carbocycles. The zero-order chi connectivity index (χ0) is 18.3. The Labute approximate surface area is 170 Å². The Kier molecular flexibility index (Phi) is 5.08. The Balaban J connectivity index is 1.42. The summed E-state index contributed by atoms with van der Waals surface area (Å²) in [5.74, 6) is 1.20. The quantitative estimate of drug-likeness (QED) is 0.562. The summed E-state index contributed by atoms with van der Waals surface area (Å²) in [4.78, 5) is 0. The van der Waals surface area contributed by atoms with Gasteiger partial charge >= 0.3 is 0 Å². The normalized spacial score (nSPS) is 24.2. The zero-order valence-electron chi connectivity index (χ0n) is 16.1. The lowest BCUT2D eigenvalue weighted by Crippen LogP contribution is -2.34. The molecule has 0 radical (unpaired) electrons. The second-order valence-corrected chi connectivity index (χ2v) is 9.70. The number of ether oxygens (including phenoxy) is 2. The zero-order valence-corrected chi connectivity index (χ0v) is 17.7. The highest BCUT2D eigenvalue weighted by Crippen LogP contribution is 2.44. The first-order chi connectivity index (χ1) is 13.2. The molecule has 1 saturated heterocycles. The molecule has 0 bridgehead atoms. The molecule has 2 heterocycles. The Morgan fingerprint density at radius 2 is 1.74 bits per heavy atom. The van der Waals surface area contributed by atoms with Gasteiger partial charge in [0, 0.05) is 41.0 Å². The third-order valence-corrected chi connectivity index (χ3v) is 7.55. The van der Waals surface area contributed by atoms with Crippen molar-refractivity contribution in [2.45, 2.75) is 76.0 Å². The predicted molar refractivity (Wildman–Crippen MR) is 112 cm³/mol. The lowest BCUT2D eigenvalue weighted by atomic mass is 9.81. The van der Waals surface area contributed by atoms with Gasteiger partial charge in [0.15, 0.2) is 5.79 Å². The molecule has 2 aromatic rings. The second kappa shape index (κ2) is 7.53. The van der Waals surface area contributed by atoms with Gasteiger partial charge in [-0.25, -0.2) is 0 Å². The monoisotopic (exact) mass is 431 g/mol. The number of benzene rings is 1. The van der Waals surface area contributed by atoms with E-state index in [0.717, 1.165) is 44.8 Å². The van der Waals surface area contributed by atoms with Crippen molar-refractivity contribution < 1.29 is 9.47 Å². The summed E-state index contributed by atoms with van der Waals surface area (Å²) in [6, 6.07) is 6.83. The lowest BCUT2D eigenvalue weighted by Gasteiger charge is -2.35. The van der Waals surface area contributed by atoms with Crippen LogP contribution in [-0.4, -0.2) is 23.6 Å². The van der Waals surface area contributed by atoms with E-state index in [9.17, 15) is 0 Å². The molecule has 0 unspecified atom stereocenters. The maximum absolute atomic E-state index is 5.94. The minimum absolute atomic E-state index is 0.266.